The van der Waals surface area contributed by atoms with Crippen LogP contribution in [0.5, 0.6) is 0 Å². The summed E-state index contributed by atoms with van der Waals surface area (Å²) in [4.78, 5) is 30.3. The largest absolute Gasteiger partial charge is 0.355 e. The van der Waals surface area contributed by atoms with Gasteiger partial charge in [0.2, 0.25) is 11.7 Å². The second-order valence-electron chi connectivity index (χ2n) is 6.17. The molecular formula is C17H21FN6O2. The van der Waals surface area contributed by atoms with Gasteiger partial charge in [-0.1, -0.05) is 18.2 Å². The Morgan fingerprint density at radius 1 is 1.38 bits per heavy atom. The number of rotatable bonds is 6. The van der Waals surface area contributed by atoms with E-state index < -0.39 is 6.04 Å². The van der Waals surface area contributed by atoms with Crippen LogP contribution in [0.25, 0.3) is 0 Å². The standard InChI is InChI=1S/C17H21FN6O2/c1-2-19-16(25)14-7-12(22-17(26)15-20-10-21-23-15)9-24(14)8-11-5-3-4-6-13(11)18/h3-6,10,12,14H,2,7-9H2,1H3,(H,19,25)(H,22,26)(H,20,21,23)/t12-,14+/m1/s1. The molecule has 0 spiro atoms. The van der Waals surface area contributed by atoms with Crippen molar-refractivity contribution in [1.29, 1.82) is 0 Å². The fourth-order valence-electron chi connectivity index (χ4n) is 3.16. The van der Waals surface area contributed by atoms with Crippen LogP contribution in [0.15, 0.2) is 30.6 Å². The fourth-order valence-corrected chi connectivity index (χ4v) is 3.16. The zero-order valence-electron chi connectivity index (χ0n) is 14.4. The van der Waals surface area contributed by atoms with E-state index in [1.165, 1.54) is 12.4 Å². The third kappa shape index (κ3) is 4.05. The quantitative estimate of drug-likeness (QED) is 0.694. The highest BCUT2D eigenvalue weighted by molar-refractivity contribution is 5.90. The van der Waals surface area contributed by atoms with Gasteiger partial charge in [0.05, 0.1) is 6.04 Å². The van der Waals surface area contributed by atoms with E-state index >= 15 is 0 Å². The Morgan fingerprint density at radius 2 is 2.19 bits per heavy atom. The smallest absolute Gasteiger partial charge is 0.288 e. The highest BCUT2D eigenvalue weighted by Gasteiger charge is 2.37. The summed E-state index contributed by atoms with van der Waals surface area (Å²) >= 11 is 0. The maximum absolute atomic E-state index is 14.0. The number of nitrogens with one attached hydrogen (secondary N) is 3. The van der Waals surface area contributed by atoms with Crippen molar-refractivity contribution in [3.05, 3.63) is 47.8 Å². The molecule has 0 radical (unpaired) electrons. The minimum Gasteiger partial charge on any atom is -0.355 e. The van der Waals surface area contributed by atoms with Gasteiger partial charge in [0.1, 0.15) is 12.1 Å². The molecule has 0 saturated carbocycles. The number of carbonyl (C=O) groups excluding carboxylic acids is 2. The van der Waals surface area contributed by atoms with Crippen molar-refractivity contribution >= 4 is 11.8 Å². The number of benzene rings is 1. The molecule has 0 unspecified atom stereocenters. The van der Waals surface area contributed by atoms with E-state index in [0.29, 0.717) is 31.6 Å². The third-order valence-corrected chi connectivity index (χ3v) is 4.35. The van der Waals surface area contributed by atoms with Gasteiger partial charge in [-0.15, -0.1) is 0 Å². The molecule has 0 aliphatic carbocycles. The van der Waals surface area contributed by atoms with Gasteiger partial charge < -0.3 is 10.6 Å². The number of aromatic nitrogens is 3. The molecule has 2 atom stereocenters. The van der Waals surface area contributed by atoms with Gasteiger partial charge in [-0.05, 0) is 19.4 Å². The number of aromatic amines is 1. The SMILES string of the molecule is CCNC(=O)[C@@H]1C[C@@H](NC(=O)c2ncn[nH]2)CN1Cc1ccccc1F. The Morgan fingerprint density at radius 3 is 2.88 bits per heavy atom. The molecular weight excluding hydrogens is 339 g/mol. The molecule has 1 aromatic carbocycles. The number of H-pyrrole nitrogens is 1. The lowest BCUT2D eigenvalue weighted by atomic mass is 10.1. The van der Waals surface area contributed by atoms with Gasteiger partial charge in [0.15, 0.2) is 0 Å². The number of likely N-dealkylation sites (tertiary alicyclic amines) is 1. The van der Waals surface area contributed by atoms with Crippen molar-refractivity contribution in [2.45, 2.75) is 32.0 Å². The summed E-state index contributed by atoms with van der Waals surface area (Å²) in [5.41, 5.74) is 0.518. The third-order valence-electron chi connectivity index (χ3n) is 4.35. The van der Waals surface area contributed by atoms with Crippen molar-refractivity contribution < 1.29 is 14.0 Å². The van der Waals surface area contributed by atoms with Crippen LogP contribution in [0.2, 0.25) is 0 Å². The van der Waals surface area contributed by atoms with E-state index in [1.54, 1.807) is 18.2 Å². The molecule has 1 saturated heterocycles. The van der Waals surface area contributed by atoms with Crippen molar-refractivity contribution in [3.63, 3.8) is 0 Å². The first-order valence-electron chi connectivity index (χ1n) is 8.50. The van der Waals surface area contributed by atoms with E-state index in [2.05, 4.69) is 25.8 Å². The average Bonchev–Trinajstić information content (AvgIpc) is 3.27. The number of carbonyl (C=O) groups is 2. The first-order valence-corrected chi connectivity index (χ1v) is 8.50. The fraction of sp³-hybridized carbons (Fsp3) is 0.412. The summed E-state index contributed by atoms with van der Waals surface area (Å²) < 4.78 is 14.0. The molecule has 1 aliphatic heterocycles. The second-order valence-corrected chi connectivity index (χ2v) is 6.17. The van der Waals surface area contributed by atoms with Crippen LogP contribution in [-0.2, 0) is 11.3 Å². The summed E-state index contributed by atoms with van der Waals surface area (Å²) in [6.45, 7) is 3.09. The number of halogens is 1. The predicted molar refractivity (Wildman–Crippen MR) is 91.5 cm³/mol. The van der Waals surface area contributed by atoms with Crippen LogP contribution in [0, 0.1) is 5.82 Å². The lowest BCUT2D eigenvalue weighted by Crippen LogP contribution is -2.42. The van der Waals surface area contributed by atoms with E-state index in [-0.39, 0.29) is 29.5 Å². The molecule has 1 aromatic heterocycles. The summed E-state index contributed by atoms with van der Waals surface area (Å²) in [5.74, 6) is -0.696. The van der Waals surface area contributed by atoms with Crippen molar-refractivity contribution in [1.82, 2.24) is 30.7 Å². The van der Waals surface area contributed by atoms with Crippen molar-refractivity contribution in [2.24, 2.45) is 0 Å². The minimum absolute atomic E-state index is 0.118. The summed E-state index contributed by atoms with van der Waals surface area (Å²) in [5, 5.41) is 11.8. The summed E-state index contributed by atoms with van der Waals surface area (Å²) in [6.07, 6.45) is 1.70. The van der Waals surface area contributed by atoms with E-state index in [4.69, 9.17) is 0 Å². The van der Waals surface area contributed by atoms with Gasteiger partial charge in [0.25, 0.3) is 5.91 Å². The highest BCUT2D eigenvalue weighted by atomic mass is 19.1. The minimum atomic E-state index is -0.436. The predicted octanol–water partition coefficient (Wildman–Crippen LogP) is 0.453. The van der Waals surface area contributed by atoms with Crippen molar-refractivity contribution in [2.75, 3.05) is 13.1 Å². The number of likely N-dealkylation sites (N-methyl/N-ethyl adjacent to an activating group) is 1. The molecule has 8 nitrogen and oxygen atoms in total. The second kappa shape index (κ2) is 8.05. The Kier molecular flexibility index (Phi) is 5.57. The van der Waals surface area contributed by atoms with Crippen LogP contribution < -0.4 is 10.6 Å². The van der Waals surface area contributed by atoms with Crippen LogP contribution in [0.3, 0.4) is 0 Å². The normalized spacial score (nSPS) is 20.1. The lowest BCUT2D eigenvalue weighted by molar-refractivity contribution is -0.125. The van der Waals surface area contributed by atoms with E-state index in [9.17, 15) is 14.0 Å². The molecule has 2 heterocycles. The summed E-state index contributed by atoms with van der Waals surface area (Å²) in [6, 6.07) is 5.81. The maximum atomic E-state index is 14.0. The topological polar surface area (TPSA) is 103 Å². The summed E-state index contributed by atoms with van der Waals surface area (Å²) in [7, 11) is 0. The first-order chi connectivity index (χ1) is 12.6. The highest BCUT2D eigenvalue weighted by Crippen LogP contribution is 2.22. The molecule has 2 amide bonds. The maximum Gasteiger partial charge on any atom is 0.288 e. The first kappa shape index (κ1) is 18.0. The number of nitrogens with zero attached hydrogens (tertiary/aromatic N) is 3. The van der Waals surface area contributed by atoms with Crippen molar-refractivity contribution in [3.8, 4) is 0 Å². The van der Waals surface area contributed by atoms with Crippen LogP contribution in [0.4, 0.5) is 4.39 Å². The molecule has 9 heteroatoms. The van der Waals surface area contributed by atoms with Gasteiger partial charge >= 0.3 is 0 Å². The molecule has 1 aliphatic rings. The van der Waals surface area contributed by atoms with E-state index in [1.807, 2.05) is 11.8 Å². The number of amides is 2. The Bertz CT molecular complexity index is 766. The Labute approximate surface area is 150 Å². The zero-order valence-corrected chi connectivity index (χ0v) is 14.4. The number of hydrogen-bond acceptors (Lipinski definition) is 5. The molecule has 3 rings (SSSR count). The molecule has 26 heavy (non-hydrogen) atoms. The van der Waals surface area contributed by atoms with Gasteiger partial charge in [-0.2, -0.15) is 5.10 Å². The van der Waals surface area contributed by atoms with Gasteiger partial charge in [-0.25, -0.2) is 9.37 Å². The molecule has 2 aromatic rings. The molecule has 3 N–H and O–H groups in total. The zero-order chi connectivity index (χ0) is 18.5. The van der Waals surface area contributed by atoms with Crippen LogP contribution in [0.1, 0.15) is 29.5 Å². The van der Waals surface area contributed by atoms with Crippen LogP contribution >= 0.6 is 0 Å². The number of hydrogen-bond donors (Lipinski definition) is 3. The molecule has 0 bridgehead atoms. The molecule has 138 valence electrons. The van der Waals surface area contributed by atoms with Crippen LogP contribution in [-0.4, -0.2) is 57.1 Å². The Balaban J connectivity index is 1.71. The molecule has 1 fully saturated rings. The average molecular weight is 360 g/mol. The lowest BCUT2D eigenvalue weighted by Gasteiger charge is -2.23. The van der Waals surface area contributed by atoms with Gasteiger partial charge in [0, 0.05) is 31.2 Å². The van der Waals surface area contributed by atoms with E-state index in [0.717, 1.165) is 0 Å². The monoisotopic (exact) mass is 360 g/mol. The van der Waals surface area contributed by atoms with Gasteiger partial charge in [-0.3, -0.25) is 19.6 Å². The Hall–Kier alpha value is -2.81.